The van der Waals surface area contributed by atoms with Crippen LogP contribution in [0.1, 0.15) is 12.0 Å². The van der Waals surface area contributed by atoms with Gasteiger partial charge in [0, 0.05) is 5.56 Å². The molecule has 1 heterocycles. The maximum absolute atomic E-state index is 13.4. The van der Waals surface area contributed by atoms with Crippen molar-refractivity contribution >= 4 is 23.1 Å². The second-order valence-corrected chi connectivity index (χ2v) is 4.24. The van der Waals surface area contributed by atoms with Crippen molar-refractivity contribution in [2.45, 2.75) is 6.43 Å². The summed E-state index contributed by atoms with van der Waals surface area (Å²) in [6.07, 6.45) is -2.66. The van der Waals surface area contributed by atoms with Crippen LogP contribution in [0.4, 0.5) is 13.2 Å². The van der Waals surface area contributed by atoms with Crippen LogP contribution < -0.4 is 0 Å². The molecule has 1 aromatic heterocycles. The Morgan fingerprint density at radius 2 is 2.06 bits per heavy atom. The van der Waals surface area contributed by atoms with E-state index in [1.54, 1.807) is 0 Å². The lowest BCUT2D eigenvalue weighted by molar-refractivity contribution is 0.151. The molecule has 0 radical (unpaired) electrons. The van der Waals surface area contributed by atoms with Crippen LogP contribution in [-0.4, -0.2) is 9.36 Å². The van der Waals surface area contributed by atoms with E-state index in [4.69, 9.17) is 11.6 Å². The minimum Gasteiger partial charge on any atom is -0.206 e. The van der Waals surface area contributed by atoms with Gasteiger partial charge in [0.1, 0.15) is 5.82 Å². The molecule has 0 saturated carbocycles. The van der Waals surface area contributed by atoms with Crippen molar-refractivity contribution in [3.63, 3.8) is 0 Å². The summed E-state index contributed by atoms with van der Waals surface area (Å²) >= 11 is 6.41. The Kier molecular flexibility index (Phi) is 3.11. The van der Waals surface area contributed by atoms with E-state index in [1.165, 1.54) is 0 Å². The smallest absolute Gasteiger partial charge is 0.206 e. The number of rotatable bonds is 2. The maximum Gasteiger partial charge on any atom is 0.263 e. The summed E-state index contributed by atoms with van der Waals surface area (Å²) in [4.78, 5) is 3.73. The van der Waals surface area contributed by atoms with Crippen molar-refractivity contribution in [2.24, 2.45) is 0 Å². The standard InChI is InChI=1S/C9H4ClF3N2S/c10-9-14-8(15-16-9)5-3-4(7(12)13)1-2-6(5)11/h1-3,7H. The first-order valence-electron chi connectivity index (χ1n) is 4.15. The van der Waals surface area contributed by atoms with Crippen molar-refractivity contribution in [3.8, 4) is 11.4 Å². The van der Waals surface area contributed by atoms with Gasteiger partial charge < -0.3 is 0 Å². The fourth-order valence-corrected chi connectivity index (χ4v) is 1.78. The quantitative estimate of drug-likeness (QED) is 0.821. The third kappa shape index (κ3) is 2.17. The van der Waals surface area contributed by atoms with Gasteiger partial charge in [0.2, 0.25) is 4.47 Å². The molecule has 0 aliphatic heterocycles. The summed E-state index contributed by atoms with van der Waals surface area (Å²) in [5, 5.41) is 0. The van der Waals surface area contributed by atoms with E-state index in [0.717, 1.165) is 29.7 Å². The first-order valence-corrected chi connectivity index (χ1v) is 5.30. The average molecular weight is 265 g/mol. The van der Waals surface area contributed by atoms with Crippen molar-refractivity contribution in [2.75, 3.05) is 0 Å². The highest BCUT2D eigenvalue weighted by molar-refractivity contribution is 7.10. The van der Waals surface area contributed by atoms with E-state index in [0.29, 0.717) is 0 Å². The van der Waals surface area contributed by atoms with Gasteiger partial charge >= 0.3 is 0 Å². The van der Waals surface area contributed by atoms with E-state index in [2.05, 4.69) is 9.36 Å². The summed E-state index contributed by atoms with van der Waals surface area (Å²) < 4.78 is 42.1. The van der Waals surface area contributed by atoms with Crippen LogP contribution in [0, 0.1) is 5.82 Å². The van der Waals surface area contributed by atoms with Crippen molar-refractivity contribution < 1.29 is 13.2 Å². The molecule has 16 heavy (non-hydrogen) atoms. The molecule has 0 saturated heterocycles. The van der Waals surface area contributed by atoms with E-state index in [9.17, 15) is 13.2 Å². The lowest BCUT2D eigenvalue weighted by Crippen LogP contribution is -1.91. The molecule has 0 atom stereocenters. The minimum atomic E-state index is -2.66. The summed E-state index contributed by atoms with van der Waals surface area (Å²) in [6, 6.07) is 3.02. The molecule has 2 nitrogen and oxygen atoms in total. The summed E-state index contributed by atoms with van der Waals surface area (Å²) in [5.41, 5.74) is -0.344. The van der Waals surface area contributed by atoms with Gasteiger partial charge in [-0.3, -0.25) is 0 Å². The maximum atomic E-state index is 13.4. The average Bonchev–Trinajstić information content (AvgIpc) is 2.65. The van der Waals surface area contributed by atoms with Gasteiger partial charge in [0.25, 0.3) is 6.43 Å². The number of aromatic nitrogens is 2. The lowest BCUT2D eigenvalue weighted by Gasteiger charge is -2.02. The molecule has 0 fully saturated rings. The fourth-order valence-electron chi connectivity index (χ4n) is 1.16. The van der Waals surface area contributed by atoms with Crippen LogP contribution in [0.25, 0.3) is 11.4 Å². The number of nitrogens with zero attached hydrogens (tertiary/aromatic N) is 2. The van der Waals surface area contributed by atoms with Crippen molar-refractivity contribution in [3.05, 3.63) is 34.0 Å². The van der Waals surface area contributed by atoms with Crippen LogP contribution in [0.5, 0.6) is 0 Å². The van der Waals surface area contributed by atoms with E-state index in [-0.39, 0.29) is 21.4 Å². The van der Waals surface area contributed by atoms with Crippen molar-refractivity contribution in [1.82, 2.24) is 9.36 Å². The molecule has 2 rings (SSSR count). The van der Waals surface area contributed by atoms with Gasteiger partial charge in [0.05, 0.1) is 5.56 Å². The van der Waals surface area contributed by atoms with Gasteiger partial charge in [-0.05, 0) is 35.3 Å². The predicted octanol–water partition coefficient (Wildman–Crippen LogP) is 3.94. The molecule has 1 aromatic carbocycles. The molecule has 0 amide bonds. The highest BCUT2D eigenvalue weighted by Crippen LogP contribution is 2.28. The highest BCUT2D eigenvalue weighted by Gasteiger charge is 2.15. The van der Waals surface area contributed by atoms with E-state index in [1.807, 2.05) is 0 Å². The van der Waals surface area contributed by atoms with Crippen LogP contribution >= 0.6 is 23.1 Å². The molecule has 0 N–H and O–H groups in total. The Morgan fingerprint density at radius 3 is 2.62 bits per heavy atom. The SMILES string of the molecule is Fc1ccc(C(F)F)cc1-c1nsc(Cl)n1. The Balaban J connectivity index is 2.51. The molecule has 0 bridgehead atoms. The molecule has 84 valence electrons. The van der Waals surface area contributed by atoms with Crippen molar-refractivity contribution in [1.29, 1.82) is 0 Å². The van der Waals surface area contributed by atoms with Crippen LogP contribution in [-0.2, 0) is 0 Å². The Morgan fingerprint density at radius 1 is 1.31 bits per heavy atom. The lowest BCUT2D eigenvalue weighted by atomic mass is 10.1. The van der Waals surface area contributed by atoms with Crippen LogP contribution in [0.2, 0.25) is 4.47 Å². The van der Waals surface area contributed by atoms with E-state index < -0.39 is 12.2 Å². The molecular formula is C9H4ClF3N2S. The molecule has 0 aliphatic carbocycles. The summed E-state index contributed by atoms with van der Waals surface area (Å²) in [6.45, 7) is 0. The zero-order valence-electron chi connectivity index (χ0n) is 7.62. The second-order valence-electron chi connectivity index (χ2n) is 2.91. The minimum absolute atomic E-state index is 0.0231. The molecule has 0 aliphatic rings. The zero-order chi connectivity index (χ0) is 11.7. The second kappa shape index (κ2) is 4.39. The number of halogens is 4. The van der Waals surface area contributed by atoms with Gasteiger partial charge in [-0.2, -0.15) is 4.37 Å². The topological polar surface area (TPSA) is 25.8 Å². The first kappa shape index (κ1) is 11.3. The number of hydrogen-bond donors (Lipinski definition) is 0. The largest absolute Gasteiger partial charge is 0.263 e. The fraction of sp³-hybridized carbons (Fsp3) is 0.111. The number of hydrogen-bond acceptors (Lipinski definition) is 3. The van der Waals surface area contributed by atoms with Gasteiger partial charge in [0.15, 0.2) is 5.82 Å². The van der Waals surface area contributed by atoms with E-state index >= 15 is 0 Å². The normalized spacial score (nSPS) is 11.1. The third-order valence-electron chi connectivity index (χ3n) is 1.88. The molecular weight excluding hydrogens is 261 g/mol. The van der Waals surface area contributed by atoms with Gasteiger partial charge in [-0.1, -0.05) is 6.07 Å². The Bertz CT molecular complexity index is 515. The summed E-state index contributed by atoms with van der Waals surface area (Å²) in [5.74, 6) is -0.631. The Labute approximate surface area is 97.9 Å². The molecule has 2 aromatic rings. The highest BCUT2D eigenvalue weighted by atomic mass is 35.5. The van der Waals surface area contributed by atoms with Gasteiger partial charge in [-0.15, -0.1) is 0 Å². The molecule has 0 unspecified atom stereocenters. The zero-order valence-corrected chi connectivity index (χ0v) is 9.20. The predicted molar refractivity (Wildman–Crippen MR) is 55.3 cm³/mol. The van der Waals surface area contributed by atoms with Crippen LogP contribution in [0.15, 0.2) is 18.2 Å². The van der Waals surface area contributed by atoms with Gasteiger partial charge in [-0.25, -0.2) is 18.2 Å². The summed E-state index contributed by atoms with van der Waals surface area (Å²) in [7, 11) is 0. The number of benzene rings is 1. The number of alkyl halides is 2. The van der Waals surface area contributed by atoms with Crippen LogP contribution in [0.3, 0.4) is 0 Å². The Hall–Kier alpha value is -1.14. The monoisotopic (exact) mass is 264 g/mol. The molecule has 7 heteroatoms. The first-order chi connectivity index (χ1) is 7.58. The third-order valence-corrected chi connectivity index (χ3v) is 2.68. The molecule has 0 spiro atoms.